The minimum absolute atomic E-state index is 0.406. The molecule has 0 saturated carbocycles. The van der Waals surface area contributed by atoms with Gasteiger partial charge in [-0.25, -0.2) is 0 Å². The van der Waals surface area contributed by atoms with Crippen molar-refractivity contribution in [3.05, 3.63) is 37.5 Å². The van der Waals surface area contributed by atoms with Crippen LogP contribution in [0.3, 0.4) is 0 Å². The second kappa shape index (κ2) is 6.20. The highest BCUT2D eigenvalue weighted by atomic mass is 16.1. The maximum atomic E-state index is 10.7. The van der Waals surface area contributed by atoms with Crippen LogP contribution in [0.1, 0.15) is 0 Å². The average Bonchev–Trinajstić information content (AvgIpc) is 2.05. The maximum Gasteiger partial charge on any atom is 0.245 e. The van der Waals surface area contributed by atoms with Gasteiger partial charge >= 0.3 is 0 Å². The molecule has 0 aliphatic heterocycles. The molecule has 3 nitrogen and oxygen atoms in total. The normalized spacial score (nSPS) is 9.62. The van der Waals surface area contributed by atoms with Gasteiger partial charge < -0.3 is 5.73 Å². The van der Waals surface area contributed by atoms with Crippen molar-refractivity contribution in [3.8, 4) is 0 Å². The van der Waals surface area contributed by atoms with Crippen molar-refractivity contribution < 1.29 is 4.79 Å². The standard InChI is InChI=1S/C10H16N2O/c1-4-6-12(7-5-2)8-9(3)10(11)13/h4-5H,1-3,6-8H2,(H2,11,13). The summed E-state index contributed by atoms with van der Waals surface area (Å²) in [5.74, 6) is -0.460. The van der Waals surface area contributed by atoms with Crippen molar-refractivity contribution in [1.82, 2.24) is 4.90 Å². The lowest BCUT2D eigenvalue weighted by Gasteiger charge is -2.18. The zero-order chi connectivity index (χ0) is 10.3. The zero-order valence-electron chi connectivity index (χ0n) is 7.83. The molecule has 0 heterocycles. The topological polar surface area (TPSA) is 46.3 Å². The Morgan fingerprint density at radius 2 is 1.77 bits per heavy atom. The number of hydrogen-bond donors (Lipinski definition) is 1. The van der Waals surface area contributed by atoms with Crippen molar-refractivity contribution in [2.24, 2.45) is 5.73 Å². The third-order valence-corrected chi connectivity index (χ3v) is 1.54. The fraction of sp³-hybridized carbons (Fsp3) is 0.300. The molecule has 0 unspecified atom stereocenters. The summed E-state index contributed by atoms with van der Waals surface area (Å²) in [6.07, 6.45) is 3.52. The first-order valence-corrected chi connectivity index (χ1v) is 4.03. The summed E-state index contributed by atoms with van der Waals surface area (Å²) in [4.78, 5) is 12.7. The Kier molecular flexibility index (Phi) is 5.55. The van der Waals surface area contributed by atoms with Gasteiger partial charge in [-0.1, -0.05) is 18.7 Å². The van der Waals surface area contributed by atoms with Gasteiger partial charge in [-0.15, -0.1) is 13.2 Å². The number of carbonyl (C=O) groups is 1. The SMILES string of the molecule is C=CCN(CC=C)CC(=C)C(N)=O. The number of carbonyl (C=O) groups excluding carboxylic acids is 1. The summed E-state index contributed by atoms with van der Waals surface area (Å²) < 4.78 is 0. The Hall–Kier alpha value is -1.35. The van der Waals surface area contributed by atoms with E-state index < -0.39 is 5.91 Å². The van der Waals surface area contributed by atoms with E-state index in [4.69, 9.17) is 5.73 Å². The zero-order valence-corrected chi connectivity index (χ0v) is 7.83. The number of hydrogen-bond acceptors (Lipinski definition) is 2. The van der Waals surface area contributed by atoms with Gasteiger partial charge in [0.1, 0.15) is 0 Å². The van der Waals surface area contributed by atoms with Crippen LogP contribution >= 0.6 is 0 Å². The van der Waals surface area contributed by atoms with Gasteiger partial charge in [0.2, 0.25) is 5.91 Å². The summed E-state index contributed by atoms with van der Waals surface area (Å²) in [5.41, 5.74) is 5.47. The molecule has 0 rings (SSSR count). The second-order valence-electron chi connectivity index (χ2n) is 2.74. The molecule has 0 aromatic carbocycles. The first-order chi connectivity index (χ1) is 6.11. The van der Waals surface area contributed by atoms with E-state index >= 15 is 0 Å². The predicted octanol–water partition coefficient (Wildman–Crippen LogP) is 0.702. The first kappa shape index (κ1) is 11.6. The Balaban J connectivity index is 4.07. The van der Waals surface area contributed by atoms with E-state index in [2.05, 4.69) is 19.7 Å². The van der Waals surface area contributed by atoms with E-state index in [-0.39, 0.29) is 0 Å². The molecule has 2 N–H and O–H groups in total. The van der Waals surface area contributed by atoms with Crippen LogP contribution in [0.25, 0.3) is 0 Å². The first-order valence-electron chi connectivity index (χ1n) is 4.03. The van der Waals surface area contributed by atoms with Crippen LogP contribution in [-0.2, 0) is 4.79 Å². The summed E-state index contributed by atoms with van der Waals surface area (Å²) >= 11 is 0. The number of amides is 1. The van der Waals surface area contributed by atoms with Crippen LogP contribution in [0.5, 0.6) is 0 Å². The Bertz CT molecular complexity index is 211. The van der Waals surface area contributed by atoms with Crippen LogP contribution in [0.2, 0.25) is 0 Å². The van der Waals surface area contributed by atoms with Crippen molar-refractivity contribution in [3.63, 3.8) is 0 Å². The van der Waals surface area contributed by atoms with Crippen molar-refractivity contribution in [1.29, 1.82) is 0 Å². The maximum absolute atomic E-state index is 10.7. The molecule has 0 bridgehead atoms. The molecule has 0 saturated heterocycles. The summed E-state index contributed by atoms with van der Waals surface area (Å²) in [7, 11) is 0. The van der Waals surface area contributed by atoms with Gasteiger partial charge in [0.05, 0.1) is 0 Å². The van der Waals surface area contributed by atoms with Crippen LogP contribution in [0, 0.1) is 0 Å². The Morgan fingerprint density at radius 3 is 2.08 bits per heavy atom. The lowest BCUT2D eigenvalue weighted by molar-refractivity contribution is -0.114. The van der Waals surface area contributed by atoms with Crippen molar-refractivity contribution >= 4 is 5.91 Å². The average molecular weight is 180 g/mol. The van der Waals surface area contributed by atoms with Gasteiger partial charge in [-0.2, -0.15) is 0 Å². The number of rotatable bonds is 7. The van der Waals surface area contributed by atoms with E-state index in [9.17, 15) is 4.79 Å². The molecule has 0 fully saturated rings. The number of nitrogens with two attached hydrogens (primary N) is 1. The highest BCUT2D eigenvalue weighted by Crippen LogP contribution is 1.96. The smallest absolute Gasteiger partial charge is 0.245 e. The van der Waals surface area contributed by atoms with E-state index in [1.807, 2.05) is 4.90 Å². The minimum Gasteiger partial charge on any atom is -0.366 e. The highest BCUT2D eigenvalue weighted by molar-refractivity contribution is 5.91. The van der Waals surface area contributed by atoms with Crippen LogP contribution in [0.4, 0.5) is 0 Å². The van der Waals surface area contributed by atoms with Crippen LogP contribution < -0.4 is 5.73 Å². The molecule has 0 aliphatic carbocycles. The molecule has 0 aliphatic rings. The quantitative estimate of drug-likeness (QED) is 0.463. The Labute approximate surface area is 79.2 Å². The molecular formula is C10H16N2O. The monoisotopic (exact) mass is 180 g/mol. The third-order valence-electron chi connectivity index (χ3n) is 1.54. The summed E-state index contributed by atoms with van der Waals surface area (Å²) in [6.45, 7) is 12.7. The molecule has 0 radical (unpaired) electrons. The molecule has 0 atom stereocenters. The van der Waals surface area contributed by atoms with Gasteiger partial charge in [0.15, 0.2) is 0 Å². The molecule has 0 aromatic heterocycles. The lowest BCUT2D eigenvalue weighted by atomic mass is 10.2. The molecule has 1 amide bonds. The lowest BCUT2D eigenvalue weighted by Crippen LogP contribution is -2.30. The largest absolute Gasteiger partial charge is 0.366 e. The van der Waals surface area contributed by atoms with Gasteiger partial charge in [0.25, 0.3) is 0 Å². The highest BCUT2D eigenvalue weighted by Gasteiger charge is 2.06. The van der Waals surface area contributed by atoms with E-state index in [1.165, 1.54) is 0 Å². The molecular weight excluding hydrogens is 164 g/mol. The predicted molar refractivity (Wildman–Crippen MR) is 55.2 cm³/mol. The van der Waals surface area contributed by atoms with Gasteiger partial charge in [-0.3, -0.25) is 9.69 Å². The van der Waals surface area contributed by atoms with E-state index in [1.54, 1.807) is 12.2 Å². The van der Waals surface area contributed by atoms with Crippen LogP contribution in [-0.4, -0.2) is 30.4 Å². The molecule has 72 valence electrons. The Morgan fingerprint density at radius 1 is 1.31 bits per heavy atom. The molecule has 13 heavy (non-hydrogen) atoms. The molecule has 0 spiro atoms. The second-order valence-corrected chi connectivity index (χ2v) is 2.74. The van der Waals surface area contributed by atoms with Crippen molar-refractivity contribution in [2.75, 3.05) is 19.6 Å². The van der Waals surface area contributed by atoms with Crippen molar-refractivity contribution in [2.45, 2.75) is 0 Å². The van der Waals surface area contributed by atoms with Crippen LogP contribution in [0.15, 0.2) is 37.5 Å². The number of nitrogens with zero attached hydrogens (tertiary/aromatic N) is 1. The fourth-order valence-electron chi connectivity index (χ4n) is 0.917. The molecule has 0 aromatic rings. The van der Waals surface area contributed by atoms with E-state index in [0.717, 1.165) is 0 Å². The number of primary amides is 1. The summed E-state index contributed by atoms with van der Waals surface area (Å²) in [5, 5.41) is 0. The fourth-order valence-corrected chi connectivity index (χ4v) is 0.917. The van der Waals surface area contributed by atoms with Gasteiger partial charge in [-0.05, 0) is 0 Å². The third kappa shape index (κ3) is 4.98. The van der Waals surface area contributed by atoms with E-state index in [0.29, 0.717) is 25.2 Å². The minimum atomic E-state index is -0.460. The molecule has 3 heteroatoms. The van der Waals surface area contributed by atoms with Gasteiger partial charge in [0, 0.05) is 25.2 Å². The summed E-state index contributed by atoms with van der Waals surface area (Å²) in [6, 6.07) is 0.